The van der Waals surface area contributed by atoms with Gasteiger partial charge in [-0.3, -0.25) is 0 Å². The molecule has 1 heterocycles. The normalized spacial score (nSPS) is 10.2. The van der Waals surface area contributed by atoms with E-state index in [0.717, 1.165) is 16.5 Å². The molecule has 17 heavy (non-hydrogen) atoms. The average Bonchev–Trinajstić information content (AvgIpc) is 2.89. The minimum atomic E-state index is -0.310. The second-order valence-corrected chi connectivity index (χ2v) is 4.34. The first-order valence-electron chi connectivity index (χ1n) is 5.09. The molecular weight excluding hydrogens is 236 g/mol. The molecule has 0 aliphatic carbocycles. The largest absolute Gasteiger partial charge is 0.465 e. The maximum absolute atomic E-state index is 11.2. The lowest BCUT2D eigenvalue weighted by Gasteiger charge is -2.01. The summed E-state index contributed by atoms with van der Waals surface area (Å²) in [4.78, 5) is 18.4. The summed E-state index contributed by atoms with van der Waals surface area (Å²) >= 11 is 1.62. The molecule has 0 atom stereocenters. The van der Waals surface area contributed by atoms with Gasteiger partial charge in [-0.1, -0.05) is 23.9 Å². The van der Waals surface area contributed by atoms with Crippen molar-refractivity contribution in [3.05, 3.63) is 47.8 Å². The summed E-state index contributed by atoms with van der Waals surface area (Å²) in [5, 5.41) is 0.891. The topological polar surface area (TPSA) is 55.0 Å². The lowest BCUT2D eigenvalue weighted by atomic mass is 10.1. The van der Waals surface area contributed by atoms with Crippen LogP contribution in [0.15, 0.2) is 41.8 Å². The number of hydrogen-bond donors (Lipinski definition) is 1. The van der Waals surface area contributed by atoms with Crippen molar-refractivity contribution >= 4 is 17.7 Å². The zero-order valence-electron chi connectivity index (χ0n) is 9.34. The number of carbonyl (C=O) groups excluding carboxylic acids is 1. The van der Waals surface area contributed by atoms with Crippen LogP contribution in [0.1, 0.15) is 15.9 Å². The highest BCUT2D eigenvalue weighted by molar-refractivity contribution is 7.98. The van der Waals surface area contributed by atoms with Gasteiger partial charge in [-0.15, -0.1) is 0 Å². The highest BCUT2D eigenvalue weighted by Crippen LogP contribution is 2.19. The number of aromatic nitrogens is 2. The fourth-order valence-electron chi connectivity index (χ4n) is 1.34. The molecule has 0 radical (unpaired) electrons. The number of benzene rings is 1. The van der Waals surface area contributed by atoms with E-state index in [0.29, 0.717) is 5.56 Å². The van der Waals surface area contributed by atoms with E-state index >= 15 is 0 Å². The van der Waals surface area contributed by atoms with Crippen molar-refractivity contribution in [1.29, 1.82) is 0 Å². The third kappa shape index (κ3) is 3.10. The summed E-state index contributed by atoms with van der Waals surface area (Å²) < 4.78 is 4.64. The van der Waals surface area contributed by atoms with Crippen molar-refractivity contribution in [2.24, 2.45) is 0 Å². The van der Waals surface area contributed by atoms with Gasteiger partial charge in [0.1, 0.15) is 0 Å². The Morgan fingerprint density at radius 2 is 2.18 bits per heavy atom. The van der Waals surface area contributed by atoms with Crippen molar-refractivity contribution in [3.8, 4) is 0 Å². The van der Waals surface area contributed by atoms with E-state index in [4.69, 9.17) is 0 Å². The molecule has 0 unspecified atom stereocenters. The van der Waals surface area contributed by atoms with Crippen LogP contribution in [0.2, 0.25) is 0 Å². The maximum atomic E-state index is 11.2. The summed E-state index contributed by atoms with van der Waals surface area (Å²) in [5.74, 6) is 0.504. The standard InChI is InChI=1S/C12H12N2O2S/c1-16-11(15)10-4-2-9(3-5-10)8-17-12-13-6-7-14-12/h2-7H,8H2,1H3,(H,13,14). The molecule has 1 N–H and O–H groups in total. The number of rotatable bonds is 4. The van der Waals surface area contributed by atoms with E-state index in [1.165, 1.54) is 7.11 Å². The fraction of sp³-hybridized carbons (Fsp3) is 0.167. The lowest BCUT2D eigenvalue weighted by Crippen LogP contribution is -2.00. The van der Waals surface area contributed by atoms with Gasteiger partial charge < -0.3 is 9.72 Å². The SMILES string of the molecule is COC(=O)c1ccc(CSc2ncc[nH]2)cc1. The van der Waals surface area contributed by atoms with E-state index in [1.54, 1.807) is 36.3 Å². The third-order valence-electron chi connectivity index (χ3n) is 2.22. The Bertz CT molecular complexity index is 480. The van der Waals surface area contributed by atoms with Gasteiger partial charge in [0.05, 0.1) is 12.7 Å². The minimum absolute atomic E-state index is 0.310. The third-order valence-corrected chi connectivity index (χ3v) is 3.20. The fourth-order valence-corrected chi connectivity index (χ4v) is 2.12. The number of imidazole rings is 1. The van der Waals surface area contributed by atoms with E-state index in [-0.39, 0.29) is 5.97 Å². The van der Waals surface area contributed by atoms with Crippen molar-refractivity contribution in [2.75, 3.05) is 7.11 Å². The van der Waals surface area contributed by atoms with Crippen LogP contribution in [-0.2, 0) is 10.5 Å². The highest BCUT2D eigenvalue weighted by Gasteiger charge is 2.04. The Balaban J connectivity index is 1.96. The molecule has 0 aliphatic heterocycles. The van der Waals surface area contributed by atoms with Crippen LogP contribution in [-0.4, -0.2) is 23.0 Å². The van der Waals surface area contributed by atoms with Crippen LogP contribution >= 0.6 is 11.8 Å². The van der Waals surface area contributed by atoms with Gasteiger partial charge in [0.2, 0.25) is 0 Å². The number of nitrogens with one attached hydrogen (secondary N) is 1. The predicted molar refractivity (Wildman–Crippen MR) is 65.9 cm³/mol. The number of ether oxygens (including phenoxy) is 1. The molecule has 0 bridgehead atoms. The van der Waals surface area contributed by atoms with Crippen LogP contribution in [0.4, 0.5) is 0 Å². The summed E-state index contributed by atoms with van der Waals surface area (Å²) in [6.07, 6.45) is 3.52. The summed E-state index contributed by atoms with van der Waals surface area (Å²) in [5.41, 5.74) is 1.71. The quantitative estimate of drug-likeness (QED) is 0.667. The van der Waals surface area contributed by atoms with Gasteiger partial charge in [-0.05, 0) is 17.7 Å². The van der Waals surface area contributed by atoms with Gasteiger partial charge in [0.25, 0.3) is 0 Å². The van der Waals surface area contributed by atoms with Crippen LogP contribution in [0.3, 0.4) is 0 Å². The molecule has 0 amide bonds. The molecule has 2 rings (SSSR count). The summed E-state index contributed by atoms with van der Waals surface area (Å²) in [6.45, 7) is 0. The zero-order valence-corrected chi connectivity index (χ0v) is 10.2. The summed E-state index contributed by atoms with van der Waals surface area (Å²) in [7, 11) is 1.38. The summed E-state index contributed by atoms with van der Waals surface area (Å²) in [6, 6.07) is 7.37. The number of carbonyl (C=O) groups is 1. The lowest BCUT2D eigenvalue weighted by molar-refractivity contribution is 0.0601. The second-order valence-electron chi connectivity index (χ2n) is 3.37. The number of thioether (sulfide) groups is 1. The van der Waals surface area contributed by atoms with Crippen molar-refractivity contribution in [2.45, 2.75) is 10.9 Å². The van der Waals surface area contributed by atoms with E-state index in [2.05, 4.69) is 14.7 Å². The molecule has 0 fully saturated rings. The Morgan fingerprint density at radius 1 is 1.41 bits per heavy atom. The first-order valence-corrected chi connectivity index (χ1v) is 6.07. The molecule has 88 valence electrons. The van der Waals surface area contributed by atoms with Crippen LogP contribution in [0.5, 0.6) is 0 Å². The molecule has 0 spiro atoms. The Kier molecular flexibility index (Phi) is 3.82. The predicted octanol–water partition coefficient (Wildman–Crippen LogP) is 2.49. The van der Waals surface area contributed by atoms with Crippen LogP contribution in [0.25, 0.3) is 0 Å². The van der Waals surface area contributed by atoms with Crippen molar-refractivity contribution in [3.63, 3.8) is 0 Å². The van der Waals surface area contributed by atoms with Gasteiger partial charge >= 0.3 is 5.97 Å². The Morgan fingerprint density at radius 3 is 2.76 bits per heavy atom. The van der Waals surface area contributed by atoms with Gasteiger partial charge in [-0.2, -0.15) is 0 Å². The molecule has 0 saturated heterocycles. The number of methoxy groups -OCH3 is 1. The number of aromatic amines is 1. The molecular formula is C12H12N2O2S. The number of hydrogen-bond acceptors (Lipinski definition) is 4. The Labute approximate surface area is 103 Å². The van der Waals surface area contributed by atoms with Gasteiger partial charge in [0, 0.05) is 18.1 Å². The maximum Gasteiger partial charge on any atom is 0.337 e. The van der Waals surface area contributed by atoms with Crippen molar-refractivity contribution in [1.82, 2.24) is 9.97 Å². The number of nitrogens with zero attached hydrogens (tertiary/aromatic N) is 1. The average molecular weight is 248 g/mol. The first kappa shape index (κ1) is 11.7. The monoisotopic (exact) mass is 248 g/mol. The molecule has 1 aromatic carbocycles. The molecule has 0 aliphatic rings. The molecule has 0 saturated carbocycles. The highest BCUT2D eigenvalue weighted by atomic mass is 32.2. The van der Waals surface area contributed by atoms with Crippen LogP contribution < -0.4 is 0 Å². The second kappa shape index (κ2) is 5.54. The number of H-pyrrole nitrogens is 1. The van der Waals surface area contributed by atoms with Gasteiger partial charge in [0.15, 0.2) is 5.16 Å². The number of esters is 1. The minimum Gasteiger partial charge on any atom is -0.465 e. The zero-order chi connectivity index (χ0) is 12.1. The molecule has 4 nitrogen and oxygen atoms in total. The van der Waals surface area contributed by atoms with Crippen molar-refractivity contribution < 1.29 is 9.53 Å². The molecule has 1 aromatic heterocycles. The van der Waals surface area contributed by atoms with Gasteiger partial charge in [-0.25, -0.2) is 9.78 Å². The molecule has 2 aromatic rings. The van der Waals surface area contributed by atoms with E-state index in [9.17, 15) is 4.79 Å². The van der Waals surface area contributed by atoms with Crippen LogP contribution in [0, 0.1) is 0 Å². The Hall–Kier alpha value is -1.75. The van der Waals surface area contributed by atoms with E-state index < -0.39 is 0 Å². The molecule has 5 heteroatoms. The first-order chi connectivity index (χ1) is 8.29. The smallest absolute Gasteiger partial charge is 0.337 e. The van der Waals surface area contributed by atoms with E-state index in [1.807, 2.05) is 12.1 Å².